The smallest absolute Gasteiger partial charge is 0.326 e. The molecule has 1 aromatic rings. The molecule has 7 nitrogen and oxygen atoms in total. The standard InChI is InChI=1S/C13H13ClN2O5/c14-9-7-8(4-5-10(9)16(20)21)12(17)15-6-2-1-3-11(15)13(18)19/h4-5,7,11H,1-3,6H2,(H,18,19)/t11-/m1/s1. The lowest BCUT2D eigenvalue weighted by atomic mass is 10.0. The molecule has 0 aromatic heterocycles. The minimum absolute atomic E-state index is 0.144. The third kappa shape index (κ3) is 3.13. The summed E-state index contributed by atoms with van der Waals surface area (Å²) in [6.07, 6.45) is 1.89. The van der Waals surface area contributed by atoms with E-state index in [1.165, 1.54) is 17.0 Å². The van der Waals surface area contributed by atoms with E-state index in [2.05, 4.69) is 0 Å². The summed E-state index contributed by atoms with van der Waals surface area (Å²) < 4.78 is 0. The molecule has 1 fully saturated rings. The number of nitrogens with zero attached hydrogens (tertiary/aromatic N) is 2. The van der Waals surface area contributed by atoms with Crippen molar-refractivity contribution >= 4 is 29.2 Å². The molecule has 0 unspecified atom stereocenters. The Morgan fingerprint density at radius 1 is 1.38 bits per heavy atom. The highest BCUT2D eigenvalue weighted by atomic mass is 35.5. The lowest BCUT2D eigenvalue weighted by molar-refractivity contribution is -0.384. The fourth-order valence-electron chi connectivity index (χ4n) is 2.39. The number of nitro benzene ring substituents is 1. The van der Waals surface area contributed by atoms with Crippen LogP contribution in [-0.2, 0) is 4.79 Å². The maximum absolute atomic E-state index is 12.4. The zero-order valence-electron chi connectivity index (χ0n) is 11.0. The van der Waals surface area contributed by atoms with Crippen LogP contribution in [0.3, 0.4) is 0 Å². The molecule has 1 aromatic carbocycles. The van der Waals surface area contributed by atoms with Gasteiger partial charge in [-0.2, -0.15) is 0 Å². The number of carbonyl (C=O) groups excluding carboxylic acids is 1. The maximum atomic E-state index is 12.4. The van der Waals surface area contributed by atoms with Crippen molar-refractivity contribution in [1.29, 1.82) is 0 Å². The quantitative estimate of drug-likeness (QED) is 0.682. The summed E-state index contributed by atoms with van der Waals surface area (Å²) in [6, 6.07) is 2.78. The molecule has 8 heteroatoms. The molecule has 21 heavy (non-hydrogen) atoms. The highest BCUT2D eigenvalue weighted by Crippen LogP contribution is 2.27. The second-order valence-corrected chi connectivity index (χ2v) is 5.18. The average molecular weight is 313 g/mol. The molecule has 1 N–H and O–H groups in total. The van der Waals surface area contributed by atoms with E-state index < -0.39 is 22.8 Å². The molecule has 112 valence electrons. The van der Waals surface area contributed by atoms with E-state index >= 15 is 0 Å². The summed E-state index contributed by atoms with van der Waals surface area (Å²) in [6.45, 7) is 0.352. The SMILES string of the molecule is O=C(O)[C@H]1CCCCN1C(=O)c1ccc([N+](=O)[O-])c(Cl)c1. The van der Waals surface area contributed by atoms with Gasteiger partial charge in [0, 0.05) is 18.2 Å². The summed E-state index contributed by atoms with van der Waals surface area (Å²) in [7, 11) is 0. The van der Waals surface area contributed by atoms with Gasteiger partial charge >= 0.3 is 5.97 Å². The lowest BCUT2D eigenvalue weighted by Gasteiger charge is -2.33. The number of aliphatic carboxylic acids is 1. The minimum atomic E-state index is -1.05. The highest BCUT2D eigenvalue weighted by Gasteiger charge is 2.32. The second kappa shape index (κ2) is 6.09. The van der Waals surface area contributed by atoms with Gasteiger partial charge in [0.05, 0.1) is 4.92 Å². The van der Waals surface area contributed by atoms with Crippen LogP contribution in [0.4, 0.5) is 5.69 Å². The molecule has 0 saturated carbocycles. The monoisotopic (exact) mass is 312 g/mol. The van der Waals surface area contributed by atoms with Crippen molar-refractivity contribution in [2.75, 3.05) is 6.54 Å². The maximum Gasteiger partial charge on any atom is 0.326 e. The second-order valence-electron chi connectivity index (χ2n) is 4.77. The lowest BCUT2D eigenvalue weighted by Crippen LogP contribution is -2.47. The van der Waals surface area contributed by atoms with E-state index in [0.29, 0.717) is 13.0 Å². The van der Waals surface area contributed by atoms with Gasteiger partial charge < -0.3 is 10.0 Å². The predicted octanol–water partition coefficient (Wildman–Crippen LogP) is 2.33. The Morgan fingerprint density at radius 2 is 2.10 bits per heavy atom. The van der Waals surface area contributed by atoms with E-state index in [1.807, 2.05) is 0 Å². The van der Waals surface area contributed by atoms with Crippen LogP contribution in [0.25, 0.3) is 0 Å². The first-order chi connectivity index (χ1) is 9.91. The van der Waals surface area contributed by atoms with Gasteiger partial charge in [-0.25, -0.2) is 4.79 Å². The molecule has 0 bridgehead atoms. The largest absolute Gasteiger partial charge is 0.480 e. The van der Waals surface area contributed by atoms with Crippen molar-refractivity contribution in [1.82, 2.24) is 4.90 Å². The van der Waals surface area contributed by atoms with Crippen LogP contribution in [0.1, 0.15) is 29.6 Å². The highest BCUT2D eigenvalue weighted by molar-refractivity contribution is 6.33. The Balaban J connectivity index is 2.28. The molecule has 2 rings (SSSR count). The topological polar surface area (TPSA) is 101 Å². The zero-order valence-corrected chi connectivity index (χ0v) is 11.7. The number of likely N-dealkylation sites (tertiary alicyclic amines) is 1. The fraction of sp³-hybridized carbons (Fsp3) is 0.385. The van der Waals surface area contributed by atoms with E-state index in [4.69, 9.17) is 16.7 Å². The molecule has 1 aliphatic heterocycles. The van der Waals surface area contributed by atoms with Crippen LogP contribution >= 0.6 is 11.6 Å². The number of rotatable bonds is 3. The summed E-state index contributed by atoms with van der Waals surface area (Å²) in [5.74, 6) is -1.52. The number of hydrogen-bond donors (Lipinski definition) is 1. The normalized spacial score (nSPS) is 18.3. The number of carboxylic acid groups (broad SMARTS) is 1. The minimum Gasteiger partial charge on any atom is -0.480 e. The first-order valence-electron chi connectivity index (χ1n) is 6.39. The van der Waals surface area contributed by atoms with Crippen LogP contribution in [-0.4, -0.2) is 39.4 Å². The fourth-order valence-corrected chi connectivity index (χ4v) is 2.63. The van der Waals surface area contributed by atoms with Gasteiger partial charge in [0.15, 0.2) is 0 Å². The third-order valence-corrected chi connectivity index (χ3v) is 3.74. The summed E-state index contributed by atoms with van der Waals surface area (Å²) >= 11 is 5.78. The first kappa shape index (κ1) is 15.2. The number of carboxylic acids is 1. The van der Waals surface area contributed by atoms with Crippen molar-refractivity contribution in [2.45, 2.75) is 25.3 Å². The van der Waals surface area contributed by atoms with Crippen LogP contribution in [0.2, 0.25) is 5.02 Å². The van der Waals surface area contributed by atoms with Crippen molar-refractivity contribution < 1.29 is 19.6 Å². The van der Waals surface area contributed by atoms with Crippen molar-refractivity contribution in [2.24, 2.45) is 0 Å². The Bertz CT molecular complexity index is 604. The molecule has 0 radical (unpaired) electrons. The molecular weight excluding hydrogens is 300 g/mol. The van der Waals surface area contributed by atoms with Crippen LogP contribution in [0.5, 0.6) is 0 Å². The van der Waals surface area contributed by atoms with Crippen molar-refractivity contribution in [3.05, 3.63) is 38.9 Å². The van der Waals surface area contributed by atoms with E-state index in [-0.39, 0.29) is 16.3 Å². The van der Waals surface area contributed by atoms with Crippen molar-refractivity contribution in [3.8, 4) is 0 Å². The van der Waals surface area contributed by atoms with Gasteiger partial charge in [0.1, 0.15) is 11.1 Å². The van der Waals surface area contributed by atoms with E-state index in [9.17, 15) is 19.7 Å². The number of halogens is 1. The molecule has 1 aliphatic rings. The zero-order chi connectivity index (χ0) is 15.6. The van der Waals surface area contributed by atoms with Crippen LogP contribution in [0, 0.1) is 10.1 Å². The molecule has 1 saturated heterocycles. The Kier molecular flexibility index (Phi) is 4.42. The van der Waals surface area contributed by atoms with Crippen LogP contribution in [0.15, 0.2) is 18.2 Å². The van der Waals surface area contributed by atoms with Gasteiger partial charge in [-0.15, -0.1) is 0 Å². The average Bonchev–Trinajstić information content (AvgIpc) is 2.45. The van der Waals surface area contributed by atoms with Gasteiger partial charge in [0.25, 0.3) is 11.6 Å². The first-order valence-corrected chi connectivity index (χ1v) is 6.77. The number of benzene rings is 1. The van der Waals surface area contributed by atoms with Crippen LogP contribution < -0.4 is 0 Å². The summed E-state index contributed by atoms with van der Waals surface area (Å²) in [4.78, 5) is 34.9. The van der Waals surface area contributed by atoms with Gasteiger partial charge in [-0.3, -0.25) is 14.9 Å². The Labute approximate surface area is 125 Å². The summed E-state index contributed by atoms with van der Waals surface area (Å²) in [5, 5.41) is 19.7. The Morgan fingerprint density at radius 3 is 2.67 bits per heavy atom. The van der Waals surface area contributed by atoms with Gasteiger partial charge in [0.2, 0.25) is 0 Å². The number of amides is 1. The molecule has 1 amide bonds. The molecule has 0 aliphatic carbocycles. The Hall–Kier alpha value is -2.15. The van der Waals surface area contributed by atoms with E-state index in [0.717, 1.165) is 18.9 Å². The van der Waals surface area contributed by atoms with E-state index in [1.54, 1.807) is 0 Å². The third-order valence-electron chi connectivity index (χ3n) is 3.44. The van der Waals surface area contributed by atoms with Gasteiger partial charge in [-0.1, -0.05) is 11.6 Å². The molecular formula is C13H13ClN2O5. The number of piperidine rings is 1. The molecule has 0 spiro atoms. The number of hydrogen-bond acceptors (Lipinski definition) is 4. The van der Waals surface area contributed by atoms with Gasteiger partial charge in [-0.05, 0) is 31.4 Å². The molecule has 1 atom stereocenters. The number of carbonyl (C=O) groups is 2. The van der Waals surface area contributed by atoms with Crippen molar-refractivity contribution in [3.63, 3.8) is 0 Å². The summed E-state index contributed by atoms with van der Waals surface area (Å²) in [5.41, 5.74) is -0.139. The molecule has 1 heterocycles. The number of nitro groups is 1. The predicted molar refractivity (Wildman–Crippen MR) is 74.4 cm³/mol.